The molecule has 2 aromatic heterocycles. The number of nitrogens with one attached hydrogen (secondary N) is 1. The van der Waals surface area contributed by atoms with Gasteiger partial charge in [-0.3, -0.25) is 0 Å². The van der Waals surface area contributed by atoms with Gasteiger partial charge in [-0.2, -0.15) is 0 Å². The Morgan fingerprint density at radius 3 is 3.00 bits per heavy atom. The minimum absolute atomic E-state index is 0.318. The molecule has 0 atom stereocenters. The summed E-state index contributed by atoms with van der Waals surface area (Å²) in [5.41, 5.74) is 9.59. The summed E-state index contributed by atoms with van der Waals surface area (Å²) in [6, 6.07) is 4.86. The molecule has 1 aromatic carbocycles. The zero-order chi connectivity index (χ0) is 13.2. The van der Waals surface area contributed by atoms with E-state index >= 15 is 0 Å². The molecule has 0 amide bonds. The summed E-state index contributed by atoms with van der Waals surface area (Å²) in [5, 5.41) is 2.43. The van der Waals surface area contributed by atoms with Crippen LogP contribution in [0.25, 0.3) is 10.9 Å². The third kappa shape index (κ3) is 2.45. The highest BCUT2D eigenvalue weighted by Gasteiger charge is 2.08. The molecule has 0 aliphatic heterocycles. The fourth-order valence-electron chi connectivity index (χ4n) is 1.89. The van der Waals surface area contributed by atoms with Gasteiger partial charge in [0.15, 0.2) is 0 Å². The Bertz CT molecular complexity index is 693. The van der Waals surface area contributed by atoms with E-state index in [9.17, 15) is 4.39 Å². The van der Waals surface area contributed by atoms with Crippen molar-refractivity contribution in [3.8, 4) is 5.75 Å². The summed E-state index contributed by atoms with van der Waals surface area (Å²) in [6.07, 6.45) is 0. The number of halogens is 1. The molecule has 4 nitrogen and oxygen atoms in total. The van der Waals surface area contributed by atoms with E-state index in [2.05, 4.69) is 9.97 Å². The monoisotopic (exact) mass is 277 g/mol. The van der Waals surface area contributed by atoms with Crippen molar-refractivity contribution in [3.63, 3.8) is 0 Å². The summed E-state index contributed by atoms with van der Waals surface area (Å²) >= 11 is 1.50. The van der Waals surface area contributed by atoms with Crippen LogP contribution in [-0.2, 0) is 13.2 Å². The third-order valence-corrected chi connectivity index (χ3v) is 3.44. The molecule has 0 radical (unpaired) electrons. The van der Waals surface area contributed by atoms with Crippen LogP contribution in [0, 0.1) is 5.82 Å². The predicted octanol–water partition coefficient (Wildman–Crippen LogP) is 2.80. The third-order valence-electron chi connectivity index (χ3n) is 2.81. The number of rotatable bonds is 4. The van der Waals surface area contributed by atoms with Crippen LogP contribution in [-0.4, -0.2) is 9.97 Å². The molecule has 0 spiro atoms. The minimum atomic E-state index is -0.318. The highest BCUT2D eigenvalue weighted by molar-refractivity contribution is 7.07. The standard InChI is InChI=1S/C13H12FN3OS/c14-12-2-10(18-5-9-6-19-7-16-9)3-13-11(12)1-8(4-15)17-13/h1-3,6-7,17H,4-5,15H2. The lowest BCUT2D eigenvalue weighted by molar-refractivity contribution is 0.301. The Morgan fingerprint density at radius 1 is 1.37 bits per heavy atom. The van der Waals surface area contributed by atoms with E-state index in [4.69, 9.17) is 10.5 Å². The smallest absolute Gasteiger partial charge is 0.136 e. The molecule has 19 heavy (non-hydrogen) atoms. The van der Waals surface area contributed by atoms with Crippen LogP contribution >= 0.6 is 11.3 Å². The average molecular weight is 277 g/mol. The van der Waals surface area contributed by atoms with Gasteiger partial charge in [0.25, 0.3) is 0 Å². The Hall–Kier alpha value is -1.92. The molecule has 2 heterocycles. The van der Waals surface area contributed by atoms with Gasteiger partial charge in [-0.05, 0) is 6.07 Å². The number of ether oxygens (including phenoxy) is 1. The van der Waals surface area contributed by atoms with Crippen LogP contribution < -0.4 is 10.5 Å². The fourth-order valence-corrected chi connectivity index (χ4v) is 2.43. The number of aromatic amines is 1. The van der Waals surface area contributed by atoms with Gasteiger partial charge in [0.2, 0.25) is 0 Å². The maximum absolute atomic E-state index is 13.9. The van der Waals surface area contributed by atoms with Gasteiger partial charge in [-0.15, -0.1) is 11.3 Å². The molecular formula is C13H12FN3OS. The van der Waals surface area contributed by atoms with Crippen molar-refractivity contribution in [2.24, 2.45) is 5.73 Å². The number of fused-ring (bicyclic) bond motifs is 1. The first-order valence-corrected chi connectivity index (χ1v) is 6.71. The van der Waals surface area contributed by atoms with Crippen LogP contribution in [0.4, 0.5) is 4.39 Å². The molecule has 98 valence electrons. The first-order chi connectivity index (χ1) is 9.26. The van der Waals surface area contributed by atoms with Gasteiger partial charge < -0.3 is 15.5 Å². The van der Waals surface area contributed by atoms with Crippen LogP contribution in [0.15, 0.2) is 29.1 Å². The maximum atomic E-state index is 13.9. The lowest BCUT2D eigenvalue weighted by Gasteiger charge is -2.05. The largest absolute Gasteiger partial charge is 0.487 e. The molecule has 3 N–H and O–H groups in total. The van der Waals surface area contributed by atoms with E-state index in [0.29, 0.717) is 29.8 Å². The molecule has 0 saturated heterocycles. The zero-order valence-electron chi connectivity index (χ0n) is 10.0. The minimum Gasteiger partial charge on any atom is -0.487 e. The molecular weight excluding hydrogens is 265 g/mol. The van der Waals surface area contributed by atoms with Crippen molar-refractivity contribution in [1.82, 2.24) is 9.97 Å². The number of hydrogen-bond donors (Lipinski definition) is 2. The average Bonchev–Trinajstić information content (AvgIpc) is 3.05. The number of nitrogens with two attached hydrogens (primary N) is 1. The van der Waals surface area contributed by atoms with Gasteiger partial charge in [0, 0.05) is 35.1 Å². The summed E-state index contributed by atoms with van der Waals surface area (Å²) in [7, 11) is 0. The number of benzene rings is 1. The maximum Gasteiger partial charge on any atom is 0.136 e. The molecule has 3 rings (SSSR count). The predicted molar refractivity (Wildman–Crippen MR) is 72.6 cm³/mol. The number of aromatic nitrogens is 2. The van der Waals surface area contributed by atoms with E-state index in [1.165, 1.54) is 17.4 Å². The molecule has 3 aromatic rings. The van der Waals surface area contributed by atoms with Crippen molar-refractivity contribution in [2.45, 2.75) is 13.2 Å². The summed E-state index contributed by atoms with van der Waals surface area (Å²) in [6.45, 7) is 0.683. The van der Waals surface area contributed by atoms with Gasteiger partial charge in [0.05, 0.1) is 16.7 Å². The quantitative estimate of drug-likeness (QED) is 0.770. The summed E-state index contributed by atoms with van der Waals surface area (Å²) in [5.74, 6) is 0.158. The van der Waals surface area contributed by atoms with Gasteiger partial charge in [-0.1, -0.05) is 0 Å². The van der Waals surface area contributed by atoms with Crippen molar-refractivity contribution >= 4 is 22.2 Å². The van der Waals surface area contributed by atoms with E-state index in [-0.39, 0.29) is 5.82 Å². The second-order valence-corrected chi connectivity index (χ2v) is 4.85. The molecule has 0 bridgehead atoms. The van der Waals surface area contributed by atoms with Gasteiger partial charge in [0.1, 0.15) is 18.2 Å². The lowest BCUT2D eigenvalue weighted by atomic mass is 10.2. The molecule has 6 heteroatoms. The van der Waals surface area contributed by atoms with Crippen LogP contribution in [0.3, 0.4) is 0 Å². The molecule has 0 aliphatic carbocycles. The van der Waals surface area contributed by atoms with E-state index in [1.54, 1.807) is 17.6 Å². The Kier molecular flexibility index (Phi) is 3.18. The molecule has 0 aliphatic rings. The van der Waals surface area contributed by atoms with E-state index in [1.807, 2.05) is 5.38 Å². The Balaban J connectivity index is 1.87. The SMILES string of the molecule is NCc1cc2c(F)cc(OCc3cscn3)cc2[nH]1. The number of thiazole rings is 1. The summed E-state index contributed by atoms with van der Waals surface area (Å²) < 4.78 is 19.4. The first kappa shape index (κ1) is 12.1. The van der Waals surface area contributed by atoms with Crippen LogP contribution in [0.2, 0.25) is 0 Å². The zero-order valence-corrected chi connectivity index (χ0v) is 10.8. The second-order valence-electron chi connectivity index (χ2n) is 4.13. The summed E-state index contributed by atoms with van der Waals surface area (Å²) in [4.78, 5) is 7.17. The molecule has 0 fully saturated rings. The number of hydrogen-bond acceptors (Lipinski definition) is 4. The fraction of sp³-hybridized carbons (Fsp3) is 0.154. The highest BCUT2D eigenvalue weighted by atomic mass is 32.1. The van der Waals surface area contributed by atoms with Crippen molar-refractivity contribution in [1.29, 1.82) is 0 Å². The van der Waals surface area contributed by atoms with E-state index in [0.717, 1.165) is 11.4 Å². The topological polar surface area (TPSA) is 63.9 Å². The molecule has 0 saturated carbocycles. The Morgan fingerprint density at radius 2 is 2.26 bits per heavy atom. The lowest BCUT2D eigenvalue weighted by Crippen LogP contribution is -1.96. The van der Waals surface area contributed by atoms with Gasteiger partial charge in [-0.25, -0.2) is 9.37 Å². The second kappa shape index (κ2) is 4.99. The van der Waals surface area contributed by atoms with Gasteiger partial charge >= 0.3 is 0 Å². The van der Waals surface area contributed by atoms with Crippen molar-refractivity contribution in [2.75, 3.05) is 0 Å². The normalized spacial score (nSPS) is 11.1. The van der Waals surface area contributed by atoms with Crippen LogP contribution in [0.1, 0.15) is 11.4 Å². The van der Waals surface area contributed by atoms with Crippen LogP contribution in [0.5, 0.6) is 5.75 Å². The molecule has 0 unspecified atom stereocenters. The van der Waals surface area contributed by atoms with Crippen molar-refractivity contribution < 1.29 is 9.13 Å². The number of H-pyrrole nitrogens is 1. The first-order valence-electron chi connectivity index (χ1n) is 5.77. The highest BCUT2D eigenvalue weighted by Crippen LogP contribution is 2.25. The number of nitrogens with zero attached hydrogens (tertiary/aromatic N) is 1. The Labute approximate surface area is 113 Å². The van der Waals surface area contributed by atoms with Crippen molar-refractivity contribution in [3.05, 3.63) is 46.3 Å². The van der Waals surface area contributed by atoms with E-state index < -0.39 is 0 Å².